The Balaban J connectivity index is 1.94. The van der Waals surface area contributed by atoms with Gasteiger partial charge in [0.05, 0.1) is 10.5 Å². The van der Waals surface area contributed by atoms with Crippen LogP contribution in [0.1, 0.15) is 11.1 Å². The fourth-order valence-electron chi connectivity index (χ4n) is 1.87. The first-order valence-electron chi connectivity index (χ1n) is 6.81. The first-order chi connectivity index (χ1) is 11.4. The third-order valence-corrected chi connectivity index (χ3v) is 4.69. The van der Waals surface area contributed by atoms with Gasteiger partial charge in [0.1, 0.15) is 19.2 Å². The van der Waals surface area contributed by atoms with Crippen molar-refractivity contribution in [2.45, 2.75) is 11.5 Å². The van der Waals surface area contributed by atoms with E-state index < -0.39 is 22.5 Å². The average Bonchev–Trinajstić information content (AvgIpc) is 2.58. The SMILES string of the molecule is N#Cc1ccccc1S(=O)(=O)NCC(=O)OCc1cccc(Cl)c1. The van der Waals surface area contributed by atoms with Gasteiger partial charge in [-0.2, -0.15) is 9.98 Å². The fraction of sp³-hybridized carbons (Fsp3) is 0.125. The molecule has 6 nitrogen and oxygen atoms in total. The van der Waals surface area contributed by atoms with Crippen LogP contribution in [0.25, 0.3) is 0 Å². The molecule has 0 bridgehead atoms. The van der Waals surface area contributed by atoms with Crippen LogP contribution in [0.2, 0.25) is 5.02 Å². The van der Waals surface area contributed by atoms with Gasteiger partial charge in [0.15, 0.2) is 0 Å². The summed E-state index contributed by atoms with van der Waals surface area (Å²) >= 11 is 5.82. The van der Waals surface area contributed by atoms with E-state index in [0.29, 0.717) is 10.6 Å². The summed E-state index contributed by atoms with van der Waals surface area (Å²) in [5, 5.41) is 9.46. The highest BCUT2D eigenvalue weighted by Gasteiger charge is 2.19. The van der Waals surface area contributed by atoms with Gasteiger partial charge in [0.2, 0.25) is 10.0 Å². The Bertz CT molecular complexity index is 891. The first-order valence-corrected chi connectivity index (χ1v) is 8.67. The molecule has 0 aliphatic heterocycles. The van der Waals surface area contributed by atoms with Crippen molar-refractivity contribution >= 4 is 27.6 Å². The summed E-state index contributed by atoms with van der Waals surface area (Å²) in [6.45, 7) is -0.557. The lowest BCUT2D eigenvalue weighted by Gasteiger charge is -2.08. The largest absolute Gasteiger partial charge is 0.460 e. The maximum Gasteiger partial charge on any atom is 0.321 e. The minimum absolute atomic E-state index is 0.00250. The molecule has 1 N–H and O–H groups in total. The lowest BCUT2D eigenvalue weighted by molar-refractivity contribution is -0.143. The smallest absolute Gasteiger partial charge is 0.321 e. The molecule has 0 atom stereocenters. The Morgan fingerprint density at radius 3 is 2.67 bits per heavy atom. The third kappa shape index (κ3) is 4.80. The van der Waals surface area contributed by atoms with E-state index in [2.05, 4.69) is 4.72 Å². The van der Waals surface area contributed by atoms with E-state index in [1.165, 1.54) is 18.2 Å². The van der Waals surface area contributed by atoms with Crippen LogP contribution in [0.5, 0.6) is 0 Å². The maximum absolute atomic E-state index is 12.1. The van der Waals surface area contributed by atoms with Gasteiger partial charge in [0.25, 0.3) is 0 Å². The van der Waals surface area contributed by atoms with Crippen molar-refractivity contribution in [1.82, 2.24) is 4.72 Å². The topological polar surface area (TPSA) is 96.3 Å². The van der Waals surface area contributed by atoms with Crippen LogP contribution < -0.4 is 4.72 Å². The number of halogens is 1. The summed E-state index contributed by atoms with van der Waals surface area (Å²) in [7, 11) is -3.98. The number of carbonyl (C=O) groups is 1. The van der Waals surface area contributed by atoms with E-state index in [1.807, 2.05) is 0 Å². The van der Waals surface area contributed by atoms with Crippen LogP contribution in [0.15, 0.2) is 53.4 Å². The molecule has 0 aromatic heterocycles. The van der Waals surface area contributed by atoms with Gasteiger partial charge in [-0.3, -0.25) is 4.79 Å². The summed E-state index contributed by atoms with van der Waals surface area (Å²) < 4.78 is 31.4. The van der Waals surface area contributed by atoms with Gasteiger partial charge in [-0.15, -0.1) is 0 Å². The van der Waals surface area contributed by atoms with Gasteiger partial charge in [-0.25, -0.2) is 8.42 Å². The Kier molecular flexibility index (Phi) is 5.93. The third-order valence-electron chi connectivity index (χ3n) is 2.99. The average molecular weight is 365 g/mol. The van der Waals surface area contributed by atoms with Crippen molar-refractivity contribution in [3.8, 4) is 6.07 Å². The quantitative estimate of drug-likeness (QED) is 0.793. The standard InChI is InChI=1S/C16H13ClN2O4S/c17-14-6-3-4-12(8-14)11-23-16(20)10-19-24(21,22)15-7-2-1-5-13(15)9-18/h1-8,19H,10-11H2. The predicted molar refractivity (Wildman–Crippen MR) is 87.6 cm³/mol. The normalized spacial score (nSPS) is 10.8. The summed E-state index contributed by atoms with van der Waals surface area (Å²) in [4.78, 5) is 11.5. The van der Waals surface area contributed by atoms with Gasteiger partial charge in [0, 0.05) is 5.02 Å². The van der Waals surface area contributed by atoms with Crippen molar-refractivity contribution in [2.75, 3.05) is 6.54 Å². The van der Waals surface area contributed by atoms with Crippen LogP contribution >= 0.6 is 11.6 Å². The van der Waals surface area contributed by atoms with E-state index >= 15 is 0 Å². The Morgan fingerprint density at radius 2 is 1.96 bits per heavy atom. The Labute approximate surface area is 144 Å². The second-order valence-corrected chi connectivity index (χ2v) is 6.89. The number of ether oxygens (including phenoxy) is 1. The van der Waals surface area contributed by atoms with Crippen molar-refractivity contribution in [3.05, 3.63) is 64.7 Å². The molecular formula is C16H13ClN2O4S. The molecule has 0 fully saturated rings. The summed E-state index contributed by atoms with van der Waals surface area (Å²) in [5.41, 5.74) is 0.686. The number of sulfonamides is 1. The Hall–Kier alpha value is -2.40. The summed E-state index contributed by atoms with van der Waals surface area (Å²) in [5.74, 6) is -0.743. The molecule has 24 heavy (non-hydrogen) atoms. The highest BCUT2D eigenvalue weighted by molar-refractivity contribution is 7.89. The van der Waals surface area contributed by atoms with Crippen LogP contribution in [-0.2, 0) is 26.2 Å². The molecule has 0 saturated carbocycles. The zero-order valence-electron chi connectivity index (χ0n) is 12.4. The van der Waals surface area contributed by atoms with E-state index in [1.54, 1.807) is 36.4 Å². The second kappa shape index (κ2) is 7.93. The first kappa shape index (κ1) is 17.9. The molecule has 2 aromatic carbocycles. The van der Waals surface area contributed by atoms with E-state index in [-0.39, 0.29) is 17.1 Å². The molecule has 124 valence electrons. The van der Waals surface area contributed by atoms with Gasteiger partial charge in [-0.1, -0.05) is 35.9 Å². The number of nitrogens with one attached hydrogen (secondary N) is 1. The van der Waals surface area contributed by atoms with Crippen LogP contribution in [0, 0.1) is 11.3 Å². The number of nitrogens with zero attached hydrogens (tertiary/aromatic N) is 1. The number of rotatable bonds is 6. The van der Waals surface area contributed by atoms with Crippen molar-refractivity contribution in [3.63, 3.8) is 0 Å². The van der Waals surface area contributed by atoms with Gasteiger partial charge in [-0.05, 0) is 29.8 Å². The summed E-state index contributed by atoms with van der Waals surface area (Å²) in [6, 6.07) is 14.3. The van der Waals surface area contributed by atoms with Crippen molar-refractivity contribution < 1.29 is 17.9 Å². The number of benzene rings is 2. The van der Waals surface area contributed by atoms with Crippen molar-refractivity contribution in [1.29, 1.82) is 5.26 Å². The molecular weight excluding hydrogens is 352 g/mol. The molecule has 0 spiro atoms. The molecule has 0 unspecified atom stereocenters. The molecule has 0 aliphatic rings. The van der Waals surface area contributed by atoms with Crippen LogP contribution in [0.4, 0.5) is 0 Å². The highest BCUT2D eigenvalue weighted by Crippen LogP contribution is 2.14. The molecule has 0 aliphatic carbocycles. The molecule has 0 amide bonds. The minimum Gasteiger partial charge on any atom is -0.460 e. The zero-order chi connectivity index (χ0) is 17.6. The molecule has 0 radical (unpaired) electrons. The molecule has 0 saturated heterocycles. The van der Waals surface area contributed by atoms with E-state index in [4.69, 9.17) is 21.6 Å². The van der Waals surface area contributed by atoms with E-state index in [9.17, 15) is 13.2 Å². The van der Waals surface area contributed by atoms with Crippen LogP contribution in [0.3, 0.4) is 0 Å². The number of hydrogen-bond acceptors (Lipinski definition) is 5. The van der Waals surface area contributed by atoms with Gasteiger partial charge >= 0.3 is 5.97 Å². The number of carbonyl (C=O) groups excluding carboxylic acids is 1. The lowest BCUT2D eigenvalue weighted by atomic mass is 10.2. The molecule has 2 rings (SSSR count). The fourth-order valence-corrected chi connectivity index (χ4v) is 3.20. The number of hydrogen-bond donors (Lipinski definition) is 1. The zero-order valence-corrected chi connectivity index (χ0v) is 14.0. The van der Waals surface area contributed by atoms with Gasteiger partial charge < -0.3 is 4.74 Å². The number of nitriles is 1. The monoisotopic (exact) mass is 364 g/mol. The summed E-state index contributed by atoms with van der Waals surface area (Å²) in [6.07, 6.45) is 0. The Morgan fingerprint density at radius 1 is 1.21 bits per heavy atom. The minimum atomic E-state index is -3.98. The van der Waals surface area contributed by atoms with E-state index in [0.717, 1.165) is 0 Å². The molecule has 8 heteroatoms. The van der Waals surface area contributed by atoms with Crippen molar-refractivity contribution in [2.24, 2.45) is 0 Å². The lowest BCUT2D eigenvalue weighted by Crippen LogP contribution is -2.31. The van der Waals surface area contributed by atoms with Crippen LogP contribution in [-0.4, -0.2) is 20.9 Å². The second-order valence-electron chi connectivity index (χ2n) is 4.72. The predicted octanol–water partition coefficient (Wildman–Crippen LogP) is 2.23. The maximum atomic E-state index is 12.1. The molecule has 2 aromatic rings. The number of esters is 1. The molecule has 0 heterocycles. The highest BCUT2D eigenvalue weighted by atomic mass is 35.5.